The molecule has 2 aromatic rings. The number of piperazine rings is 1. The quantitative estimate of drug-likeness (QED) is 0.297. The molecule has 1 amide bonds. The lowest BCUT2D eigenvalue weighted by Crippen LogP contribution is -2.59. The summed E-state index contributed by atoms with van der Waals surface area (Å²) in [7, 11) is 0. The van der Waals surface area contributed by atoms with E-state index in [1.165, 1.54) is 18.2 Å². The Kier molecular flexibility index (Phi) is 8.01. The molecule has 37 heavy (non-hydrogen) atoms. The van der Waals surface area contributed by atoms with Crippen LogP contribution in [0.4, 0.5) is 25.3 Å². The highest BCUT2D eigenvalue weighted by atomic mass is 32.2. The molecule has 1 aromatic carbocycles. The molecule has 0 spiro atoms. The number of nitrogens with zero attached hydrogens (tertiary/aromatic N) is 5. The third-order valence-electron chi connectivity index (χ3n) is 6.48. The van der Waals surface area contributed by atoms with E-state index in [2.05, 4.69) is 31.2 Å². The van der Waals surface area contributed by atoms with E-state index in [0.717, 1.165) is 34.8 Å². The van der Waals surface area contributed by atoms with Crippen molar-refractivity contribution >= 4 is 51.9 Å². The largest absolute Gasteiger partial charge is 0.367 e. The molecule has 198 valence electrons. The first kappa shape index (κ1) is 27.2. The highest BCUT2D eigenvalue weighted by molar-refractivity contribution is 7.97. The highest BCUT2D eigenvalue weighted by Gasteiger charge is 2.43. The van der Waals surface area contributed by atoms with Gasteiger partial charge < -0.3 is 20.5 Å². The van der Waals surface area contributed by atoms with Gasteiger partial charge >= 0.3 is 0 Å². The van der Waals surface area contributed by atoms with E-state index < -0.39 is 12.0 Å². The Hall–Kier alpha value is -2.82. The van der Waals surface area contributed by atoms with Gasteiger partial charge in [-0.1, -0.05) is 25.2 Å². The van der Waals surface area contributed by atoms with Crippen LogP contribution >= 0.6 is 23.3 Å². The van der Waals surface area contributed by atoms with Gasteiger partial charge in [0.15, 0.2) is 5.01 Å². The Balaban J connectivity index is 1.68. The lowest BCUT2D eigenvalue weighted by Gasteiger charge is -2.46. The third kappa shape index (κ3) is 5.86. The number of nitriles is 1. The first-order valence-electron chi connectivity index (χ1n) is 12.1. The number of alkyl halides is 2. The molecule has 2 aliphatic rings. The second-order valence-electron chi connectivity index (χ2n) is 9.82. The van der Waals surface area contributed by atoms with Crippen LogP contribution in [0, 0.1) is 22.7 Å². The average Bonchev–Trinajstić information content (AvgIpc) is 3.49. The highest BCUT2D eigenvalue weighted by Crippen LogP contribution is 2.41. The van der Waals surface area contributed by atoms with Crippen molar-refractivity contribution in [2.45, 2.75) is 69.5 Å². The molecule has 0 bridgehead atoms. The Morgan fingerprint density at radius 1 is 1.30 bits per heavy atom. The standard InChI is InChI=1S/C24H30F2N8OS2/c1-13(2)22(35)34-14(3)10-33(11-15(34)4)19-8-16(37-32-24(12-28)5-6-24)7-18(17(19)9-27)29-23-31-30-21(36-23)20(25)26/h7-9,13-15,20,27,32H,5-6,10-11H2,1-4H3,(H,29,31). The van der Waals surface area contributed by atoms with Crippen molar-refractivity contribution in [1.82, 2.24) is 19.8 Å². The predicted octanol–water partition coefficient (Wildman–Crippen LogP) is 4.95. The molecule has 3 N–H and O–H groups in total. The number of carbonyl (C=O) groups is 1. The van der Waals surface area contributed by atoms with Gasteiger partial charge in [0, 0.05) is 53.5 Å². The molecule has 13 heteroatoms. The molecule has 1 aromatic heterocycles. The minimum absolute atomic E-state index is 0.0480. The summed E-state index contributed by atoms with van der Waals surface area (Å²) in [6.45, 7) is 8.97. The number of nitrogens with one attached hydrogen (secondary N) is 3. The van der Waals surface area contributed by atoms with Crippen molar-refractivity contribution in [1.29, 1.82) is 10.7 Å². The van der Waals surface area contributed by atoms with Crippen LogP contribution in [0.5, 0.6) is 0 Å². The zero-order valence-electron chi connectivity index (χ0n) is 21.1. The van der Waals surface area contributed by atoms with E-state index in [1.807, 2.05) is 44.7 Å². The first-order chi connectivity index (χ1) is 17.6. The number of aromatic nitrogens is 2. The maximum Gasteiger partial charge on any atom is 0.291 e. The topological polar surface area (TPSA) is 121 Å². The van der Waals surface area contributed by atoms with Gasteiger partial charge in [0.1, 0.15) is 5.54 Å². The third-order valence-corrected chi connectivity index (χ3v) is 8.29. The fourth-order valence-electron chi connectivity index (χ4n) is 4.45. The van der Waals surface area contributed by atoms with E-state index in [0.29, 0.717) is 24.3 Å². The SMILES string of the molecule is CC(C)C(=O)N1C(C)CN(c2cc(SNC3(C#N)CC3)cc(Nc3nnc(C(F)F)s3)c2C=N)CC1C. The maximum absolute atomic E-state index is 13.1. The molecule has 2 atom stereocenters. The molecular formula is C24H30F2N8OS2. The summed E-state index contributed by atoms with van der Waals surface area (Å²) in [5.41, 5.74) is 1.33. The minimum atomic E-state index is -2.72. The van der Waals surface area contributed by atoms with E-state index in [4.69, 9.17) is 5.41 Å². The van der Waals surface area contributed by atoms with Crippen LogP contribution < -0.4 is 14.9 Å². The molecule has 4 rings (SSSR count). The van der Waals surface area contributed by atoms with Gasteiger partial charge in [0.2, 0.25) is 11.0 Å². The Morgan fingerprint density at radius 3 is 2.49 bits per heavy atom. The van der Waals surface area contributed by atoms with Crippen molar-refractivity contribution in [3.8, 4) is 6.07 Å². The number of benzene rings is 1. The number of anilines is 3. The van der Waals surface area contributed by atoms with E-state index in [-0.39, 0.29) is 34.0 Å². The normalized spacial score (nSPS) is 20.7. The zero-order chi connectivity index (χ0) is 26.9. The van der Waals surface area contributed by atoms with Crippen molar-refractivity contribution in [3.05, 3.63) is 22.7 Å². The number of hydrogen-bond acceptors (Lipinski definition) is 10. The maximum atomic E-state index is 13.1. The van der Waals surface area contributed by atoms with Gasteiger partial charge in [-0.05, 0) is 50.8 Å². The molecule has 0 radical (unpaired) electrons. The van der Waals surface area contributed by atoms with Crippen LogP contribution in [-0.2, 0) is 4.79 Å². The van der Waals surface area contributed by atoms with Gasteiger partial charge in [-0.3, -0.25) is 4.79 Å². The van der Waals surface area contributed by atoms with Gasteiger partial charge in [-0.15, -0.1) is 10.2 Å². The lowest BCUT2D eigenvalue weighted by molar-refractivity contribution is -0.139. The smallest absolute Gasteiger partial charge is 0.291 e. The van der Waals surface area contributed by atoms with E-state index >= 15 is 0 Å². The average molecular weight is 549 g/mol. The summed E-state index contributed by atoms with van der Waals surface area (Å²) in [5, 5.41) is 27.9. The van der Waals surface area contributed by atoms with Gasteiger partial charge in [0.25, 0.3) is 6.43 Å². The van der Waals surface area contributed by atoms with Gasteiger partial charge in [-0.25, -0.2) is 13.5 Å². The summed E-state index contributed by atoms with van der Waals surface area (Å²) in [4.78, 5) is 17.7. The number of halogens is 2. The van der Waals surface area contributed by atoms with Crippen LogP contribution in [0.3, 0.4) is 0 Å². The number of rotatable bonds is 9. The predicted molar refractivity (Wildman–Crippen MR) is 142 cm³/mol. The molecule has 9 nitrogen and oxygen atoms in total. The molecule has 2 heterocycles. The van der Waals surface area contributed by atoms with Crippen molar-refractivity contribution < 1.29 is 13.6 Å². The second-order valence-corrected chi connectivity index (χ2v) is 11.7. The molecule has 1 aliphatic carbocycles. The fraction of sp³-hybridized carbons (Fsp3) is 0.542. The summed E-state index contributed by atoms with van der Waals surface area (Å²) < 4.78 is 29.4. The van der Waals surface area contributed by atoms with Crippen LogP contribution in [0.2, 0.25) is 0 Å². The molecular weight excluding hydrogens is 518 g/mol. The number of carbonyl (C=O) groups excluding carboxylic acids is 1. The summed E-state index contributed by atoms with van der Waals surface area (Å²) in [6, 6.07) is 5.98. The molecule has 1 saturated heterocycles. The van der Waals surface area contributed by atoms with Crippen LogP contribution in [0.1, 0.15) is 57.5 Å². The lowest BCUT2D eigenvalue weighted by atomic mass is 10.0. The van der Waals surface area contributed by atoms with Crippen molar-refractivity contribution in [2.24, 2.45) is 5.92 Å². The Labute approximate surface area is 223 Å². The monoisotopic (exact) mass is 548 g/mol. The van der Waals surface area contributed by atoms with Crippen molar-refractivity contribution in [2.75, 3.05) is 23.3 Å². The van der Waals surface area contributed by atoms with Gasteiger partial charge in [0.05, 0.1) is 11.8 Å². The second kappa shape index (κ2) is 10.9. The molecule has 1 saturated carbocycles. The van der Waals surface area contributed by atoms with Gasteiger partial charge in [-0.2, -0.15) is 5.26 Å². The fourth-order valence-corrected chi connectivity index (χ4v) is 5.97. The Bertz CT molecular complexity index is 1200. The van der Waals surface area contributed by atoms with Crippen LogP contribution in [-0.4, -0.2) is 57.9 Å². The minimum Gasteiger partial charge on any atom is -0.367 e. The van der Waals surface area contributed by atoms with E-state index in [1.54, 1.807) is 0 Å². The van der Waals surface area contributed by atoms with Crippen molar-refractivity contribution in [3.63, 3.8) is 0 Å². The zero-order valence-corrected chi connectivity index (χ0v) is 22.7. The summed E-state index contributed by atoms with van der Waals surface area (Å²) >= 11 is 2.08. The number of hydrogen-bond donors (Lipinski definition) is 3. The summed E-state index contributed by atoms with van der Waals surface area (Å²) in [5.74, 6) is 0.00948. The summed E-state index contributed by atoms with van der Waals surface area (Å²) in [6.07, 6.45) is 0.0581. The molecule has 1 aliphatic heterocycles. The molecule has 2 fully saturated rings. The van der Waals surface area contributed by atoms with E-state index in [9.17, 15) is 18.8 Å². The molecule has 2 unspecified atom stereocenters. The first-order valence-corrected chi connectivity index (χ1v) is 13.7. The Morgan fingerprint density at radius 2 is 1.97 bits per heavy atom. The van der Waals surface area contributed by atoms with Crippen LogP contribution in [0.25, 0.3) is 0 Å². The number of amides is 1. The van der Waals surface area contributed by atoms with Crippen LogP contribution in [0.15, 0.2) is 17.0 Å².